The van der Waals surface area contributed by atoms with Crippen LogP contribution in [-0.4, -0.2) is 51.0 Å². The number of sulfonamides is 1. The van der Waals surface area contributed by atoms with Crippen LogP contribution in [0.2, 0.25) is 10.0 Å². The van der Waals surface area contributed by atoms with Crippen molar-refractivity contribution in [3.8, 4) is 0 Å². The summed E-state index contributed by atoms with van der Waals surface area (Å²) in [6.07, 6.45) is 1.83. The molecule has 2 rings (SSSR count). The fourth-order valence-electron chi connectivity index (χ4n) is 3.75. The second-order valence-corrected chi connectivity index (χ2v) is 10.8. The molecule has 0 bridgehead atoms. The molecule has 0 saturated heterocycles. The summed E-state index contributed by atoms with van der Waals surface area (Å²) < 4.78 is 26.0. The molecule has 10 heteroatoms. The number of nitrogens with one attached hydrogen (secondary N) is 1. The maximum absolute atomic E-state index is 13.3. The van der Waals surface area contributed by atoms with Gasteiger partial charge in [0.15, 0.2) is 0 Å². The van der Waals surface area contributed by atoms with Crippen molar-refractivity contribution in [1.82, 2.24) is 10.2 Å². The minimum absolute atomic E-state index is 0.0414. The van der Waals surface area contributed by atoms with Gasteiger partial charge in [0, 0.05) is 31.6 Å². The largest absolute Gasteiger partial charge is 0.357 e. The second kappa shape index (κ2) is 12.4. The van der Waals surface area contributed by atoms with Gasteiger partial charge in [0.1, 0.15) is 6.04 Å². The standard InChI is InChI=1S/C24H31Cl2N3O4S/c1-5-21(24(31)27-3)28(16-18-9-6-8-17(2)14-18)23(30)10-7-13-29(34(4,32)33)22-15-19(25)11-12-20(22)26/h6,8-9,11-12,14-15,21H,5,7,10,13,16H2,1-4H3,(H,27,31)/t21-/m0/s1. The van der Waals surface area contributed by atoms with Crippen LogP contribution in [-0.2, 0) is 26.2 Å². The van der Waals surface area contributed by atoms with Gasteiger partial charge in [-0.25, -0.2) is 8.42 Å². The summed E-state index contributed by atoms with van der Waals surface area (Å²) in [4.78, 5) is 27.3. The quantitative estimate of drug-likeness (QED) is 0.469. The van der Waals surface area contributed by atoms with E-state index in [1.54, 1.807) is 18.0 Å². The van der Waals surface area contributed by atoms with E-state index in [1.807, 2.05) is 38.1 Å². The Balaban J connectivity index is 2.22. The Morgan fingerprint density at radius 1 is 1.12 bits per heavy atom. The highest BCUT2D eigenvalue weighted by Gasteiger charge is 2.28. The zero-order valence-electron chi connectivity index (χ0n) is 19.8. The van der Waals surface area contributed by atoms with Crippen LogP contribution < -0.4 is 9.62 Å². The van der Waals surface area contributed by atoms with Crippen molar-refractivity contribution in [2.24, 2.45) is 0 Å². The van der Waals surface area contributed by atoms with Gasteiger partial charge in [-0.2, -0.15) is 0 Å². The number of amides is 2. The summed E-state index contributed by atoms with van der Waals surface area (Å²) in [7, 11) is -2.13. The summed E-state index contributed by atoms with van der Waals surface area (Å²) in [5.41, 5.74) is 2.23. The summed E-state index contributed by atoms with van der Waals surface area (Å²) in [5, 5.41) is 3.22. The lowest BCUT2D eigenvalue weighted by atomic mass is 10.1. The molecule has 2 aromatic carbocycles. The number of rotatable bonds is 11. The van der Waals surface area contributed by atoms with Crippen molar-refractivity contribution in [3.05, 3.63) is 63.6 Å². The van der Waals surface area contributed by atoms with Crippen molar-refractivity contribution in [1.29, 1.82) is 0 Å². The normalized spacial score (nSPS) is 12.2. The highest BCUT2D eigenvalue weighted by atomic mass is 35.5. The van der Waals surface area contributed by atoms with Crippen molar-refractivity contribution >= 4 is 50.7 Å². The first-order chi connectivity index (χ1) is 16.0. The summed E-state index contributed by atoms with van der Waals surface area (Å²) in [6, 6.07) is 11.7. The number of hydrogen-bond donors (Lipinski definition) is 1. The predicted molar refractivity (Wildman–Crippen MR) is 138 cm³/mol. The Morgan fingerprint density at radius 2 is 1.82 bits per heavy atom. The molecule has 0 spiro atoms. The van der Waals surface area contributed by atoms with Crippen LogP contribution in [0.25, 0.3) is 0 Å². The lowest BCUT2D eigenvalue weighted by Gasteiger charge is -2.31. The zero-order valence-corrected chi connectivity index (χ0v) is 22.2. The summed E-state index contributed by atoms with van der Waals surface area (Å²) >= 11 is 12.3. The third kappa shape index (κ3) is 7.61. The van der Waals surface area contributed by atoms with Crippen molar-refractivity contribution in [2.75, 3.05) is 24.2 Å². The van der Waals surface area contributed by atoms with Gasteiger partial charge < -0.3 is 10.2 Å². The molecule has 186 valence electrons. The molecule has 0 aliphatic heterocycles. The Bertz CT molecular complexity index is 1120. The third-order valence-corrected chi connectivity index (χ3v) is 7.13. The summed E-state index contributed by atoms with van der Waals surface area (Å²) in [5.74, 6) is -0.477. The van der Waals surface area contributed by atoms with E-state index >= 15 is 0 Å². The first-order valence-electron chi connectivity index (χ1n) is 11.0. The number of nitrogens with zero attached hydrogens (tertiary/aromatic N) is 2. The van der Waals surface area contributed by atoms with Crippen molar-refractivity contribution < 1.29 is 18.0 Å². The topological polar surface area (TPSA) is 86.8 Å². The third-order valence-electron chi connectivity index (χ3n) is 5.40. The molecule has 0 unspecified atom stereocenters. The lowest BCUT2D eigenvalue weighted by Crippen LogP contribution is -2.48. The molecule has 34 heavy (non-hydrogen) atoms. The number of halogens is 2. The van der Waals surface area contributed by atoms with Crippen molar-refractivity contribution in [2.45, 2.75) is 45.7 Å². The summed E-state index contributed by atoms with van der Waals surface area (Å²) in [6.45, 7) is 4.14. The number of likely N-dealkylation sites (N-methyl/N-ethyl adjacent to an activating group) is 1. The van der Waals surface area contributed by atoms with E-state index in [4.69, 9.17) is 23.2 Å². The molecular weight excluding hydrogens is 497 g/mol. The maximum Gasteiger partial charge on any atom is 0.242 e. The Labute approximate surface area is 212 Å². The van der Waals surface area contributed by atoms with Gasteiger partial charge in [0.05, 0.1) is 17.0 Å². The fraction of sp³-hybridized carbons (Fsp3) is 0.417. The molecule has 1 N–H and O–H groups in total. The number of hydrogen-bond acceptors (Lipinski definition) is 4. The number of aryl methyl sites for hydroxylation is 1. The predicted octanol–water partition coefficient (Wildman–Crippen LogP) is 4.40. The number of benzene rings is 2. The Kier molecular flexibility index (Phi) is 10.2. The van der Waals surface area contributed by atoms with Crippen LogP contribution in [0.5, 0.6) is 0 Å². The molecule has 0 aliphatic rings. The monoisotopic (exact) mass is 527 g/mol. The molecular formula is C24H31Cl2N3O4S. The van der Waals surface area contributed by atoms with Crippen LogP contribution in [0.15, 0.2) is 42.5 Å². The van der Waals surface area contributed by atoms with E-state index in [2.05, 4.69) is 5.32 Å². The molecule has 2 aromatic rings. The molecule has 0 radical (unpaired) electrons. The average Bonchev–Trinajstić information content (AvgIpc) is 2.77. The van der Waals surface area contributed by atoms with Crippen LogP contribution in [0.3, 0.4) is 0 Å². The van der Waals surface area contributed by atoms with Crippen molar-refractivity contribution in [3.63, 3.8) is 0 Å². The first kappa shape index (κ1) is 28.0. The van der Waals surface area contributed by atoms with E-state index in [1.165, 1.54) is 12.1 Å². The van der Waals surface area contributed by atoms with E-state index < -0.39 is 16.1 Å². The molecule has 0 saturated carbocycles. The van der Waals surface area contributed by atoms with E-state index in [-0.39, 0.29) is 48.5 Å². The number of carbonyl (C=O) groups excluding carboxylic acids is 2. The van der Waals surface area contributed by atoms with Gasteiger partial charge in [0.2, 0.25) is 21.8 Å². The van der Waals surface area contributed by atoms with E-state index in [9.17, 15) is 18.0 Å². The van der Waals surface area contributed by atoms with Crippen LogP contribution in [0, 0.1) is 6.92 Å². The molecule has 2 amide bonds. The zero-order chi connectivity index (χ0) is 25.5. The minimum atomic E-state index is -3.67. The highest BCUT2D eigenvalue weighted by molar-refractivity contribution is 7.92. The van der Waals surface area contributed by atoms with E-state index in [0.717, 1.165) is 21.7 Å². The average molecular weight is 529 g/mol. The van der Waals surface area contributed by atoms with Gasteiger partial charge in [-0.05, 0) is 43.5 Å². The smallest absolute Gasteiger partial charge is 0.242 e. The highest BCUT2D eigenvalue weighted by Crippen LogP contribution is 2.31. The molecule has 0 heterocycles. The second-order valence-electron chi connectivity index (χ2n) is 8.08. The van der Waals surface area contributed by atoms with Gasteiger partial charge in [0.25, 0.3) is 0 Å². The van der Waals surface area contributed by atoms with Gasteiger partial charge in [-0.1, -0.05) is 60.0 Å². The fourth-order valence-corrected chi connectivity index (χ4v) is 5.16. The van der Waals surface area contributed by atoms with E-state index in [0.29, 0.717) is 11.4 Å². The van der Waals surface area contributed by atoms with Gasteiger partial charge in [-0.3, -0.25) is 13.9 Å². The molecule has 1 atom stereocenters. The molecule has 0 aromatic heterocycles. The van der Waals surface area contributed by atoms with Crippen LogP contribution in [0.4, 0.5) is 5.69 Å². The number of carbonyl (C=O) groups is 2. The van der Waals surface area contributed by atoms with Crippen LogP contribution >= 0.6 is 23.2 Å². The molecule has 7 nitrogen and oxygen atoms in total. The Morgan fingerprint density at radius 3 is 2.41 bits per heavy atom. The van der Waals surface area contributed by atoms with Gasteiger partial charge >= 0.3 is 0 Å². The maximum atomic E-state index is 13.3. The molecule has 0 fully saturated rings. The van der Waals surface area contributed by atoms with Gasteiger partial charge in [-0.15, -0.1) is 0 Å². The van der Waals surface area contributed by atoms with Crippen LogP contribution in [0.1, 0.15) is 37.3 Å². The first-order valence-corrected chi connectivity index (χ1v) is 13.6. The minimum Gasteiger partial charge on any atom is -0.357 e. The Hall–Kier alpha value is -2.29. The SMILES string of the molecule is CC[C@@H](C(=O)NC)N(Cc1cccc(C)c1)C(=O)CCCN(c1cc(Cl)ccc1Cl)S(C)(=O)=O. The lowest BCUT2D eigenvalue weighted by molar-refractivity contribution is -0.141. The number of anilines is 1. The molecule has 0 aliphatic carbocycles.